The number of carbonyl (C=O) groups excluding carboxylic acids is 1. The molecule has 5 rings (SSSR count). The molecule has 2 aliphatic rings. The summed E-state index contributed by atoms with van der Waals surface area (Å²) in [6.07, 6.45) is 4.96. The van der Waals surface area contributed by atoms with Crippen molar-refractivity contribution in [3.8, 4) is 11.3 Å². The molecule has 0 spiro atoms. The number of nitrogens with zero attached hydrogens (tertiary/aromatic N) is 6. The van der Waals surface area contributed by atoms with Gasteiger partial charge in [0, 0.05) is 51.4 Å². The third kappa shape index (κ3) is 5.42. The van der Waals surface area contributed by atoms with Gasteiger partial charge < -0.3 is 20.0 Å². The molecule has 9 heteroatoms. The van der Waals surface area contributed by atoms with Crippen LogP contribution in [0.25, 0.3) is 16.2 Å². The average molecular weight is 482 g/mol. The van der Waals surface area contributed by atoms with Crippen LogP contribution in [0.15, 0.2) is 30.5 Å². The Morgan fingerprint density at radius 3 is 2.71 bits per heavy atom. The molecule has 0 saturated carbocycles. The van der Waals surface area contributed by atoms with E-state index in [1.807, 2.05) is 10.7 Å². The Balaban J connectivity index is 1.13. The lowest BCUT2D eigenvalue weighted by molar-refractivity contribution is -0.125. The predicted molar refractivity (Wildman–Crippen MR) is 138 cm³/mol. The van der Waals surface area contributed by atoms with Crippen LogP contribution in [0.3, 0.4) is 0 Å². The van der Waals surface area contributed by atoms with Crippen molar-refractivity contribution in [2.24, 2.45) is 5.92 Å². The maximum atomic E-state index is 12.8. The lowest BCUT2D eigenvalue weighted by atomic mass is 9.97. The number of piperazine rings is 1. The van der Waals surface area contributed by atoms with Gasteiger partial charge in [0.05, 0.1) is 17.8 Å². The Hall–Kier alpha value is -2.49. The first-order chi connectivity index (χ1) is 16.5. The SMILES string of the molecule is Cc1ccc(-c2cn3nc(N4CCC[C@@H](C(=O)NCCCN5CCN(C)CC5)C4)sc3n2)cc1. The minimum absolute atomic E-state index is 0.0247. The van der Waals surface area contributed by atoms with Crippen molar-refractivity contribution >= 4 is 27.3 Å². The number of amides is 1. The number of piperidine rings is 1. The molecule has 34 heavy (non-hydrogen) atoms. The van der Waals surface area contributed by atoms with Gasteiger partial charge in [0.2, 0.25) is 16.0 Å². The fourth-order valence-electron chi connectivity index (χ4n) is 4.78. The summed E-state index contributed by atoms with van der Waals surface area (Å²) in [6, 6.07) is 8.41. The summed E-state index contributed by atoms with van der Waals surface area (Å²) in [5, 5.41) is 8.92. The number of hydrogen-bond donors (Lipinski definition) is 1. The van der Waals surface area contributed by atoms with Gasteiger partial charge in [0.25, 0.3) is 0 Å². The van der Waals surface area contributed by atoms with Crippen molar-refractivity contribution in [1.29, 1.82) is 0 Å². The standard InChI is InChI=1S/C25H35N7OS/c1-19-6-8-20(9-7-19)22-18-32-24(27-22)34-25(28-32)31-12-3-5-21(17-31)23(33)26-10-4-11-30-15-13-29(2)14-16-30/h6-9,18,21H,3-5,10-17H2,1-2H3,(H,26,33)/t21-/m1/s1. The fourth-order valence-corrected chi connectivity index (χ4v) is 5.69. The molecule has 3 aromatic rings. The van der Waals surface area contributed by atoms with E-state index in [2.05, 4.69) is 58.3 Å². The van der Waals surface area contributed by atoms with Gasteiger partial charge in [-0.3, -0.25) is 4.79 Å². The van der Waals surface area contributed by atoms with Crippen LogP contribution in [0.1, 0.15) is 24.8 Å². The topological polar surface area (TPSA) is 69.0 Å². The molecular weight excluding hydrogens is 446 g/mol. The van der Waals surface area contributed by atoms with Crippen LogP contribution in [-0.4, -0.2) is 89.7 Å². The largest absolute Gasteiger partial charge is 0.356 e. The Labute approximate surface area is 205 Å². The number of rotatable bonds is 7. The number of fused-ring (bicyclic) bond motifs is 1. The summed E-state index contributed by atoms with van der Waals surface area (Å²) in [5.41, 5.74) is 3.29. The second-order valence-corrected chi connectivity index (χ2v) is 10.6. The quantitative estimate of drug-likeness (QED) is 0.524. The normalized spacial score (nSPS) is 20.2. The Kier molecular flexibility index (Phi) is 7.12. The molecule has 2 aliphatic heterocycles. The molecular formula is C25H35N7OS. The van der Waals surface area contributed by atoms with Gasteiger partial charge >= 0.3 is 0 Å². The summed E-state index contributed by atoms with van der Waals surface area (Å²) in [5.74, 6) is 0.211. The highest BCUT2D eigenvalue weighted by atomic mass is 32.1. The zero-order chi connectivity index (χ0) is 23.5. The maximum absolute atomic E-state index is 12.8. The van der Waals surface area contributed by atoms with E-state index in [0.29, 0.717) is 0 Å². The van der Waals surface area contributed by atoms with Gasteiger partial charge in [0.15, 0.2) is 0 Å². The highest BCUT2D eigenvalue weighted by Gasteiger charge is 2.28. The third-order valence-corrected chi connectivity index (χ3v) is 7.97. The summed E-state index contributed by atoms with van der Waals surface area (Å²) >= 11 is 1.60. The fraction of sp³-hybridized carbons (Fsp3) is 0.560. The van der Waals surface area contributed by atoms with Gasteiger partial charge in [0.1, 0.15) is 0 Å². The predicted octanol–water partition coefficient (Wildman–Crippen LogP) is 2.74. The zero-order valence-corrected chi connectivity index (χ0v) is 21.1. The van der Waals surface area contributed by atoms with E-state index in [1.165, 1.54) is 5.56 Å². The monoisotopic (exact) mass is 481 g/mol. The summed E-state index contributed by atoms with van der Waals surface area (Å²) in [4.78, 5) is 25.6. The number of benzene rings is 1. The molecule has 1 amide bonds. The molecule has 0 radical (unpaired) electrons. The van der Waals surface area contributed by atoms with Crippen molar-refractivity contribution < 1.29 is 4.79 Å². The Morgan fingerprint density at radius 1 is 1.15 bits per heavy atom. The molecule has 8 nitrogen and oxygen atoms in total. The number of carbonyl (C=O) groups is 1. The molecule has 4 heterocycles. The van der Waals surface area contributed by atoms with Crippen LogP contribution in [0.5, 0.6) is 0 Å². The number of likely N-dealkylation sites (N-methyl/N-ethyl adjacent to an activating group) is 1. The number of imidazole rings is 1. The van der Waals surface area contributed by atoms with E-state index >= 15 is 0 Å². The van der Waals surface area contributed by atoms with Crippen molar-refractivity contribution in [2.75, 3.05) is 64.3 Å². The van der Waals surface area contributed by atoms with Crippen molar-refractivity contribution in [3.63, 3.8) is 0 Å². The van der Waals surface area contributed by atoms with E-state index in [9.17, 15) is 4.79 Å². The van der Waals surface area contributed by atoms with E-state index in [0.717, 1.165) is 93.0 Å². The summed E-state index contributed by atoms with van der Waals surface area (Å²) < 4.78 is 1.87. The molecule has 2 fully saturated rings. The minimum atomic E-state index is 0.0247. The van der Waals surface area contributed by atoms with Gasteiger partial charge in [-0.2, -0.15) is 0 Å². The van der Waals surface area contributed by atoms with Crippen LogP contribution in [0, 0.1) is 12.8 Å². The van der Waals surface area contributed by atoms with Crippen LogP contribution >= 0.6 is 11.3 Å². The Morgan fingerprint density at radius 2 is 1.94 bits per heavy atom. The van der Waals surface area contributed by atoms with Gasteiger partial charge in [-0.05, 0) is 39.8 Å². The van der Waals surface area contributed by atoms with Crippen LogP contribution in [0.2, 0.25) is 0 Å². The van der Waals surface area contributed by atoms with E-state index in [-0.39, 0.29) is 11.8 Å². The van der Waals surface area contributed by atoms with Crippen LogP contribution < -0.4 is 10.2 Å². The summed E-state index contributed by atoms with van der Waals surface area (Å²) in [7, 11) is 2.18. The first-order valence-electron chi connectivity index (χ1n) is 12.4. The highest BCUT2D eigenvalue weighted by molar-refractivity contribution is 7.20. The van der Waals surface area contributed by atoms with Crippen LogP contribution in [0.4, 0.5) is 5.13 Å². The molecule has 2 aromatic heterocycles. The number of aromatic nitrogens is 3. The van der Waals surface area contributed by atoms with Gasteiger partial charge in [-0.1, -0.05) is 41.2 Å². The molecule has 0 unspecified atom stereocenters. The summed E-state index contributed by atoms with van der Waals surface area (Å²) in [6.45, 7) is 10.1. The second kappa shape index (κ2) is 10.4. The number of nitrogens with one attached hydrogen (secondary N) is 1. The van der Waals surface area contributed by atoms with Gasteiger partial charge in [-0.25, -0.2) is 9.50 Å². The molecule has 1 N–H and O–H groups in total. The first kappa shape index (κ1) is 23.3. The van der Waals surface area contributed by atoms with E-state index in [1.54, 1.807) is 11.3 Å². The second-order valence-electron chi connectivity index (χ2n) is 9.68. The third-order valence-electron chi connectivity index (χ3n) is 6.99. The molecule has 1 atom stereocenters. The molecule has 0 aliphatic carbocycles. The Bertz CT molecular complexity index is 1070. The lowest BCUT2D eigenvalue weighted by Crippen LogP contribution is -2.46. The first-order valence-corrected chi connectivity index (χ1v) is 13.2. The smallest absolute Gasteiger partial charge is 0.224 e. The minimum Gasteiger partial charge on any atom is -0.356 e. The average Bonchev–Trinajstić information content (AvgIpc) is 3.43. The number of hydrogen-bond acceptors (Lipinski definition) is 7. The van der Waals surface area contributed by atoms with E-state index in [4.69, 9.17) is 10.1 Å². The molecule has 2 saturated heterocycles. The number of aryl methyl sites for hydroxylation is 1. The van der Waals surface area contributed by atoms with Gasteiger partial charge in [-0.15, -0.1) is 5.10 Å². The molecule has 1 aromatic carbocycles. The maximum Gasteiger partial charge on any atom is 0.224 e. The van der Waals surface area contributed by atoms with Crippen molar-refractivity contribution in [1.82, 2.24) is 29.7 Å². The van der Waals surface area contributed by atoms with Crippen molar-refractivity contribution in [2.45, 2.75) is 26.2 Å². The molecule has 0 bridgehead atoms. The van der Waals surface area contributed by atoms with Crippen molar-refractivity contribution in [3.05, 3.63) is 36.0 Å². The van der Waals surface area contributed by atoms with E-state index < -0.39 is 0 Å². The van der Waals surface area contributed by atoms with Crippen LogP contribution in [-0.2, 0) is 4.79 Å². The molecule has 182 valence electrons. The zero-order valence-electron chi connectivity index (χ0n) is 20.2. The number of anilines is 1. The highest BCUT2D eigenvalue weighted by Crippen LogP contribution is 2.29. The lowest BCUT2D eigenvalue weighted by Gasteiger charge is -2.32.